The van der Waals surface area contributed by atoms with Gasteiger partial charge in [-0.3, -0.25) is 0 Å². The Kier molecular flexibility index (Phi) is 4.29. The number of hydrogen-bond donors (Lipinski definition) is 1. The van der Waals surface area contributed by atoms with Gasteiger partial charge in [0, 0.05) is 5.69 Å². The average Bonchev–Trinajstić information content (AvgIpc) is 2.39. The van der Waals surface area contributed by atoms with Crippen LogP contribution in [-0.4, -0.2) is 0 Å². The summed E-state index contributed by atoms with van der Waals surface area (Å²) in [5.41, 5.74) is 9.36. The average molecular weight is 253 g/mol. The highest BCUT2D eigenvalue weighted by molar-refractivity contribution is 5.48. The molecule has 0 spiro atoms. The lowest BCUT2D eigenvalue weighted by molar-refractivity contribution is 0.647. The summed E-state index contributed by atoms with van der Waals surface area (Å²) in [6.45, 7) is 4.43. The van der Waals surface area contributed by atoms with Gasteiger partial charge in [-0.25, -0.2) is 0 Å². The van der Waals surface area contributed by atoms with Crippen LogP contribution in [0.5, 0.6) is 0 Å². The van der Waals surface area contributed by atoms with E-state index >= 15 is 0 Å². The molecule has 3 heteroatoms. The molecule has 2 N–H and O–H groups in total. The van der Waals surface area contributed by atoms with Gasteiger partial charge in [-0.2, -0.15) is 10.2 Å². The molecule has 98 valence electrons. The highest BCUT2D eigenvalue weighted by atomic mass is 15.1. The van der Waals surface area contributed by atoms with Crippen molar-refractivity contribution in [1.29, 1.82) is 0 Å². The van der Waals surface area contributed by atoms with Crippen LogP contribution in [0.15, 0.2) is 58.8 Å². The molecule has 0 unspecified atom stereocenters. The first kappa shape index (κ1) is 13.3. The van der Waals surface area contributed by atoms with Crippen LogP contribution in [0.2, 0.25) is 0 Å². The molecular formula is C16H19N3. The second-order valence-corrected chi connectivity index (χ2v) is 5.06. The normalized spacial score (nSPS) is 11.3. The minimum absolute atomic E-state index is 0.669. The third-order valence-corrected chi connectivity index (χ3v) is 2.75. The van der Waals surface area contributed by atoms with E-state index in [0.29, 0.717) is 5.92 Å². The van der Waals surface area contributed by atoms with Crippen molar-refractivity contribution in [3.8, 4) is 0 Å². The van der Waals surface area contributed by atoms with Crippen molar-refractivity contribution in [3.63, 3.8) is 0 Å². The molecule has 0 saturated heterocycles. The lowest BCUT2D eigenvalue weighted by Gasteiger charge is -2.04. The number of nitrogen functional groups attached to an aromatic ring is 1. The van der Waals surface area contributed by atoms with Gasteiger partial charge in [0.05, 0.1) is 11.4 Å². The maximum atomic E-state index is 5.62. The van der Waals surface area contributed by atoms with Crippen molar-refractivity contribution in [2.45, 2.75) is 20.3 Å². The summed E-state index contributed by atoms with van der Waals surface area (Å²) in [7, 11) is 0. The first-order valence-electron chi connectivity index (χ1n) is 6.50. The van der Waals surface area contributed by atoms with Crippen LogP contribution >= 0.6 is 0 Å². The number of nitrogens with two attached hydrogens (primary N) is 1. The fourth-order valence-corrected chi connectivity index (χ4v) is 1.83. The summed E-state index contributed by atoms with van der Waals surface area (Å²) in [5.74, 6) is 0.669. The van der Waals surface area contributed by atoms with Gasteiger partial charge in [-0.1, -0.05) is 26.0 Å². The maximum Gasteiger partial charge on any atom is 0.0858 e. The van der Waals surface area contributed by atoms with Crippen LogP contribution in [0.25, 0.3) is 0 Å². The van der Waals surface area contributed by atoms with Crippen LogP contribution in [0.4, 0.5) is 17.1 Å². The first-order chi connectivity index (χ1) is 9.13. The molecule has 0 saturated carbocycles. The number of rotatable bonds is 4. The van der Waals surface area contributed by atoms with Gasteiger partial charge in [0.2, 0.25) is 0 Å². The Labute approximate surface area is 114 Å². The number of anilines is 1. The molecule has 0 fully saturated rings. The zero-order valence-corrected chi connectivity index (χ0v) is 11.4. The Morgan fingerprint density at radius 1 is 0.842 bits per heavy atom. The van der Waals surface area contributed by atoms with E-state index < -0.39 is 0 Å². The number of nitrogens with zero attached hydrogens (tertiary/aromatic N) is 2. The predicted molar refractivity (Wildman–Crippen MR) is 80.0 cm³/mol. The topological polar surface area (TPSA) is 50.7 Å². The van der Waals surface area contributed by atoms with Crippen molar-refractivity contribution in [2.24, 2.45) is 16.1 Å². The highest BCUT2D eigenvalue weighted by Crippen LogP contribution is 2.20. The second-order valence-electron chi connectivity index (χ2n) is 5.06. The molecule has 2 aromatic carbocycles. The maximum absolute atomic E-state index is 5.62. The van der Waals surface area contributed by atoms with E-state index in [1.54, 1.807) is 0 Å². The van der Waals surface area contributed by atoms with Gasteiger partial charge in [-0.05, 0) is 54.3 Å². The van der Waals surface area contributed by atoms with E-state index in [1.165, 1.54) is 5.56 Å². The fourth-order valence-electron chi connectivity index (χ4n) is 1.83. The molecule has 0 bridgehead atoms. The van der Waals surface area contributed by atoms with Crippen LogP contribution in [0.1, 0.15) is 19.4 Å². The Morgan fingerprint density at radius 3 is 1.79 bits per heavy atom. The van der Waals surface area contributed by atoms with Crippen molar-refractivity contribution >= 4 is 17.1 Å². The van der Waals surface area contributed by atoms with Crippen molar-refractivity contribution in [2.75, 3.05) is 5.73 Å². The Balaban J connectivity index is 2.04. The zero-order valence-electron chi connectivity index (χ0n) is 11.4. The predicted octanol–water partition coefficient (Wildman–Crippen LogP) is 4.88. The Hall–Kier alpha value is -2.16. The van der Waals surface area contributed by atoms with Gasteiger partial charge in [0.15, 0.2) is 0 Å². The van der Waals surface area contributed by atoms with Crippen molar-refractivity contribution in [1.82, 2.24) is 0 Å². The molecule has 2 aromatic rings. The lowest BCUT2D eigenvalue weighted by atomic mass is 10.0. The van der Waals surface area contributed by atoms with Gasteiger partial charge < -0.3 is 5.73 Å². The quantitative estimate of drug-likeness (QED) is 0.612. The summed E-state index contributed by atoms with van der Waals surface area (Å²) in [6, 6.07) is 15.6. The van der Waals surface area contributed by atoms with Crippen LogP contribution in [-0.2, 0) is 6.42 Å². The summed E-state index contributed by atoms with van der Waals surface area (Å²) < 4.78 is 0. The molecule has 0 amide bonds. The molecule has 2 rings (SSSR count). The molecule has 3 nitrogen and oxygen atoms in total. The van der Waals surface area contributed by atoms with Crippen molar-refractivity contribution < 1.29 is 0 Å². The van der Waals surface area contributed by atoms with E-state index in [4.69, 9.17) is 5.73 Å². The molecule has 0 heterocycles. The largest absolute Gasteiger partial charge is 0.399 e. The molecule has 0 aliphatic rings. The number of benzene rings is 2. The summed E-state index contributed by atoms with van der Waals surface area (Å²) in [5, 5.41) is 8.39. The van der Waals surface area contributed by atoms with Crippen LogP contribution in [0, 0.1) is 5.92 Å². The first-order valence-corrected chi connectivity index (χ1v) is 6.50. The van der Waals surface area contributed by atoms with E-state index in [1.807, 2.05) is 36.4 Å². The molecule has 0 radical (unpaired) electrons. The summed E-state index contributed by atoms with van der Waals surface area (Å²) in [6.07, 6.45) is 1.09. The molecule has 0 aliphatic heterocycles. The summed E-state index contributed by atoms with van der Waals surface area (Å²) >= 11 is 0. The fraction of sp³-hybridized carbons (Fsp3) is 0.250. The highest BCUT2D eigenvalue weighted by Gasteiger charge is 1.97. The zero-order chi connectivity index (χ0) is 13.7. The third kappa shape index (κ3) is 4.21. The lowest BCUT2D eigenvalue weighted by Crippen LogP contribution is -1.92. The van der Waals surface area contributed by atoms with Crippen LogP contribution in [0.3, 0.4) is 0 Å². The smallest absolute Gasteiger partial charge is 0.0858 e. The van der Waals surface area contributed by atoms with E-state index in [-0.39, 0.29) is 0 Å². The van der Waals surface area contributed by atoms with Gasteiger partial charge >= 0.3 is 0 Å². The van der Waals surface area contributed by atoms with Gasteiger partial charge in [0.1, 0.15) is 0 Å². The minimum atomic E-state index is 0.669. The Morgan fingerprint density at radius 2 is 1.32 bits per heavy atom. The van der Waals surface area contributed by atoms with E-state index in [2.05, 4.69) is 36.2 Å². The SMILES string of the molecule is CC(C)Cc1ccc(/N=N/c2ccc(N)cc2)cc1. The minimum Gasteiger partial charge on any atom is -0.399 e. The second kappa shape index (κ2) is 6.14. The molecular weight excluding hydrogens is 234 g/mol. The third-order valence-electron chi connectivity index (χ3n) is 2.75. The molecule has 19 heavy (non-hydrogen) atoms. The summed E-state index contributed by atoms with van der Waals surface area (Å²) in [4.78, 5) is 0. The number of hydrogen-bond acceptors (Lipinski definition) is 3. The van der Waals surface area contributed by atoms with Gasteiger partial charge in [0.25, 0.3) is 0 Å². The van der Waals surface area contributed by atoms with Crippen molar-refractivity contribution in [3.05, 3.63) is 54.1 Å². The molecule has 0 atom stereocenters. The van der Waals surface area contributed by atoms with Crippen LogP contribution < -0.4 is 5.73 Å². The standard InChI is InChI=1S/C16H19N3/c1-12(2)11-13-3-7-15(8-4-13)18-19-16-9-5-14(17)6-10-16/h3-10,12H,11,17H2,1-2H3/b19-18+. The Bertz CT molecular complexity index is 539. The number of azo groups is 1. The van der Waals surface area contributed by atoms with E-state index in [0.717, 1.165) is 23.5 Å². The molecule has 0 aliphatic carbocycles. The monoisotopic (exact) mass is 253 g/mol. The van der Waals surface area contributed by atoms with E-state index in [9.17, 15) is 0 Å². The van der Waals surface area contributed by atoms with Gasteiger partial charge in [-0.15, -0.1) is 0 Å². The molecule has 0 aromatic heterocycles.